The highest BCUT2D eigenvalue weighted by atomic mass is 127. The van der Waals surface area contributed by atoms with E-state index in [-0.39, 0.29) is 33.8 Å². The van der Waals surface area contributed by atoms with Crippen LogP contribution in [0.25, 0.3) is 6.08 Å². The molecule has 0 aromatic heterocycles. The maximum absolute atomic E-state index is 13.3. The number of nitrogens with one attached hydrogen (secondary N) is 2. The normalized spacial score (nSPS) is 14.3. The Morgan fingerprint density at radius 2 is 1.80 bits per heavy atom. The van der Waals surface area contributed by atoms with Gasteiger partial charge in [0, 0.05) is 5.69 Å². The molecule has 0 radical (unpaired) electrons. The minimum Gasteiger partial charge on any atom is -0.490 e. The lowest BCUT2D eigenvalue weighted by atomic mass is 10.1. The number of urea groups is 1. The molecule has 1 saturated heterocycles. The van der Waals surface area contributed by atoms with Gasteiger partial charge in [0.25, 0.3) is 17.7 Å². The third kappa shape index (κ3) is 6.57. The number of ether oxygens (including phenoxy) is 2. The fourth-order valence-electron chi connectivity index (χ4n) is 3.79. The molecule has 0 atom stereocenters. The zero-order valence-electron chi connectivity index (χ0n) is 21.2. The second-order valence-electron chi connectivity index (χ2n) is 8.47. The van der Waals surface area contributed by atoms with Crippen LogP contribution in [-0.4, -0.2) is 37.0 Å². The summed E-state index contributed by atoms with van der Waals surface area (Å²) >= 11 is 14.0. The molecule has 5 amide bonds. The Balaban J connectivity index is 1.59. The number of hydrogen-bond acceptors (Lipinski definition) is 6. The van der Waals surface area contributed by atoms with E-state index in [1.165, 1.54) is 24.3 Å². The third-order valence-corrected chi connectivity index (χ3v) is 7.21. The Hall–Kier alpha value is -3.61. The van der Waals surface area contributed by atoms with Crippen LogP contribution in [0.2, 0.25) is 10.0 Å². The zero-order valence-corrected chi connectivity index (χ0v) is 24.9. The number of imide groups is 2. The van der Waals surface area contributed by atoms with Crippen molar-refractivity contribution >= 4 is 87.0 Å². The molecule has 0 unspecified atom stereocenters. The van der Waals surface area contributed by atoms with Crippen LogP contribution < -0.4 is 25.0 Å². The van der Waals surface area contributed by atoms with Gasteiger partial charge in [0.2, 0.25) is 0 Å². The molecule has 206 valence electrons. The number of anilines is 2. The molecule has 12 heteroatoms. The van der Waals surface area contributed by atoms with E-state index < -0.39 is 17.8 Å². The van der Waals surface area contributed by atoms with E-state index in [0.29, 0.717) is 32.9 Å². The number of halogens is 3. The molecule has 0 aliphatic carbocycles. The van der Waals surface area contributed by atoms with Gasteiger partial charge in [0.15, 0.2) is 18.1 Å². The SMILES string of the molecule is CCOc1cc(/C=C2/C(=O)NC(=O)N(c3ccc(Cl)c(Cl)c3)C2=O)cc(I)c1OCC(=O)Nc1ccccc1C. The van der Waals surface area contributed by atoms with E-state index in [2.05, 4.69) is 10.6 Å². The number of amides is 5. The fraction of sp³-hybridized carbons (Fsp3) is 0.143. The van der Waals surface area contributed by atoms with Gasteiger partial charge in [0.05, 0.1) is 25.9 Å². The quantitative estimate of drug-likeness (QED) is 0.170. The summed E-state index contributed by atoms with van der Waals surface area (Å²) in [7, 11) is 0. The summed E-state index contributed by atoms with van der Waals surface area (Å²) in [5.74, 6) is -1.40. The predicted molar refractivity (Wildman–Crippen MR) is 161 cm³/mol. The third-order valence-electron chi connectivity index (χ3n) is 5.67. The molecule has 4 rings (SSSR count). The van der Waals surface area contributed by atoms with Gasteiger partial charge in [-0.25, -0.2) is 9.69 Å². The molecule has 3 aromatic carbocycles. The van der Waals surface area contributed by atoms with E-state index >= 15 is 0 Å². The molecule has 0 saturated carbocycles. The predicted octanol–water partition coefficient (Wildman–Crippen LogP) is 5.99. The van der Waals surface area contributed by atoms with Crippen molar-refractivity contribution in [3.8, 4) is 11.5 Å². The minimum atomic E-state index is -0.914. The van der Waals surface area contributed by atoms with Crippen LogP contribution in [0.3, 0.4) is 0 Å². The Labute approximate surface area is 253 Å². The van der Waals surface area contributed by atoms with Crippen molar-refractivity contribution in [2.24, 2.45) is 0 Å². The molecule has 40 heavy (non-hydrogen) atoms. The van der Waals surface area contributed by atoms with Crippen LogP contribution in [0, 0.1) is 10.5 Å². The number of para-hydroxylation sites is 1. The summed E-state index contributed by atoms with van der Waals surface area (Å²) in [4.78, 5) is 51.7. The van der Waals surface area contributed by atoms with Gasteiger partial charge in [-0.05, 0) is 90.0 Å². The van der Waals surface area contributed by atoms with Crippen LogP contribution in [0.1, 0.15) is 18.1 Å². The maximum atomic E-state index is 13.3. The molecular formula is C28H22Cl2IN3O6. The zero-order chi connectivity index (χ0) is 29.0. The van der Waals surface area contributed by atoms with E-state index in [1.54, 1.807) is 25.1 Å². The molecule has 3 aromatic rings. The Morgan fingerprint density at radius 3 is 2.50 bits per heavy atom. The van der Waals surface area contributed by atoms with Gasteiger partial charge in [-0.3, -0.25) is 19.7 Å². The average Bonchev–Trinajstić information content (AvgIpc) is 2.89. The first kappa shape index (κ1) is 29.4. The topological polar surface area (TPSA) is 114 Å². The second kappa shape index (κ2) is 12.7. The van der Waals surface area contributed by atoms with Gasteiger partial charge in [0.1, 0.15) is 5.57 Å². The number of hydrogen-bond donors (Lipinski definition) is 2. The summed E-state index contributed by atoms with van der Waals surface area (Å²) in [6.45, 7) is 3.69. The summed E-state index contributed by atoms with van der Waals surface area (Å²) in [6.07, 6.45) is 1.34. The van der Waals surface area contributed by atoms with Gasteiger partial charge in [-0.2, -0.15) is 0 Å². The Morgan fingerprint density at radius 1 is 1.05 bits per heavy atom. The summed E-state index contributed by atoms with van der Waals surface area (Å²) in [6, 6.07) is 13.9. The van der Waals surface area contributed by atoms with Crippen molar-refractivity contribution in [2.45, 2.75) is 13.8 Å². The van der Waals surface area contributed by atoms with E-state index in [9.17, 15) is 19.2 Å². The first-order valence-electron chi connectivity index (χ1n) is 11.9. The summed E-state index contributed by atoms with van der Waals surface area (Å²) < 4.78 is 12.1. The maximum Gasteiger partial charge on any atom is 0.335 e. The van der Waals surface area contributed by atoms with Crippen LogP contribution >= 0.6 is 45.8 Å². The molecule has 1 aliphatic rings. The van der Waals surface area contributed by atoms with Crippen molar-refractivity contribution in [3.63, 3.8) is 0 Å². The van der Waals surface area contributed by atoms with Gasteiger partial charge >= 0.3 is 6.03 Å². The monoisotopic (exact) mass is 693 g/mol. The van der Waals surface area contributed by atoms with Crippen molar-refractivity contribution in [3.05, 3.63) is 84.9 Å². The van der Waals surface area contributed by atoms with Crippen LogP contribution in [0.15, 0.2) is 60.2 Å². The van der Waals surface area contributed by atoms with E-state index in [0.717, 1.165) is 10.5 Å². The highest BCUT2D eigenvalue weighted by molar-refractivity contribution is 14.1. The van der Waals surface area contributed by atoms with Crippen molar-refractivity contribution in [2.75, 3.05) is 23.4 Å². The van der Waals surface area contributed by atoms with Gasteiger partial charge in [-0.15, -0.1) is 0 Å². The standard InChI is InChI=1S/C28H22Cl2IN3O6/c1-3-39-23-12-16(11-21(31)25(23)40-14-24(35)32-22-7-5-4-6-15(22)2)10-18-26(36)33-28(38)34(27(18)37)17-8-9-19(29)20(30)13-17/h4-13H,3,14H2,1-2H3,(H,32,35)(H,33,36,38)/b18-10-. The number of carbonyl (C=O) groups excluding carboxylic acids is 4. The number of carbonyl (C=O) groups is 4. The van der Waals surface area contributed by atoms with Crippen molar-refractivity contribution in [1.29, 1.82) is 0 Å². The second-order valence-corrected chi connectivity index (χ2v) is 10.4. The lowest BCUT2D eigenvalue weighted by Gasteiger charge is -2.26. The van der Waals surface area contributed by atoms with E-state index in [1.807, 2.05) is 47.7 Å². The van der Waals surface area contributed by atoms with Crippen molar-refractivity contribution < 1.29 is 28.7 Å². The number of barbiturate groups is 1. The molecule has 1 heterocycles. The Kier molecular flexibility index (Phi) is 9.33. The van der Waals surface area contributed by atoms with Crippen molar-refractivity contribution in [1.82, 2.24) is 5.32 Å². The van der Waals surface area contributed by atoms with Crippen LogP contribution in [0.4, 0.5) is 16.2 Å². The molecule has 1 fully saturated rings. The fourth-order valence-corrected chi connectivity index (χ4v) is 4.87. The molecule has 9 nitrogen and oxygen atoms in total. The van der Waals surface area contributed by atoms with Gasteiger partial charge < -0.3 is 14.8 Å². The molecule has 0 spiro atoms. The first-order chi connectivity index (χ1) is 19.1. The molecule has 0 bridgehead atoms. The smallest absolute Gasteiger partial charge is 0.335 e. The summed E-state index contributed by atoms with van der Waals surface area (Å²) in [5, 5.41) is 5.36. The largest absolute Gasteiger partial charge is 0.490 e. The number of benzene rings is 3. The Bertz CT molecular complexity index is 1560. The van der Waals surface area contributed by atoms with Gasteiger partial charge in [-0.1, -0.05) is 41.4 Å². The highest BCUT2D eigenvalue weighted by Gasteiger charge is 2.37. The van der Waals surface area contributed by atoms with E-state index in [4.69, 9.17) is 32.7 Å². The average molecular weight is 694 g/mol. The molecule has 1 aliphatic heterocycles. The number of aryl methyl sites for hydroxylation is 1. The molecule has 2 N–H and O–H groups in total. The summed E-state index contributed by atoms with van der Waals surface area (Å²) in [5.41, 5.74) is 1.90. The first-order valence-corrected chi connectivity index (χ1v) is 13.7. The minimum absolute atomic E-state index is 0.140. The number of nitrogens with zero attached hydrogens (tertiary/aromatic N) is 1. The van der Waals surface area contributed by atoms with Crippen LogP contribution in [0.5, 0.6) is 11.5 Å². The lowest BCUT2D eigenvalue weighted by molar-refractivity contribution is -0.122. The number of rotatable bonds is 8. The van der Waals surface area contributed by atoms with Crippen LogP contribution in [-0.2, 0) is 14.4 Å². The lowest BCUT2D eigenvalue weighted by Crippen LogP contribution is -2.54. The highest BCUT2D eigenvalue weighted by Crippen LogP contribution is 2.36. The molecular weight excluding hydrogens is 672 g/mol.